The number of nitrogens with zero attached hydrogens (tertiary/aromatic N) is 8. The molecule has 4 heterocycles. The van der Waals surface area contributed by atoms with E-state index >= 15 is 0 Å². The van der Waals surface area contributed by atoms with Crippen LogP contribution in [-0.2, 0) is 85.0 Å². The summed E-state index contributed by atoms with van der Waals surface area (Å²) in [6, 6.07) is 119. The molecular formula is C82H57N8ORh4S2-3. The first-order chi connectivity index (χ1) is 46.0. The van der Waals surface area contributed by atoms with Crippen LogP contribution in [0.3, 0.4) is 0 Å². The van der Waals surface area contributed by atoms with Gasteiger partial charge in [-0.2, -0.15) is 36.2 Å². The second kappa shape index (κ2) is 36.3. The molecule has 0 amide bonds. The van der Waals surface area contributed by atoms with Gasteiger partial charge in [-0.1, -0.05) is 206 Å². The first kappa shape index (κ1) is 72.1. The molecule has 16 rings (SSSR count). The largest absolute Gasteiger partial charge is 2.00 e. The molecule has 1 aliphatic rings. The molecule has 9 nitrogen and oxygen atoms in total. The van der Waals surface area contributed by atoms with Gasteiger partial charge < -0.3 is 9.42 Å². The third-order valence-corrected chi connectivity index (χ3v) is 16.7. The van der Waals surface area contributed by atoms with Crippen LogP contribution < -0.4 is 4.90 Å². The molecule has 0 atom stereocenters. The van der Waals surface area contributed by atoms with Crippen LogP contribution in [0.4, 0.5) is 5.69 Å². The summed E-state index contributed by atoms with van der Waals surface area (Å²) in [5.74, 6) is 5.45. The molecule has 15 aromatic rings. The minimum atomic E-state index is 0. The molecule has 0 fully saturated rings. The Labute approximate surface area is 626 Å². The molecule has 0 N–H and O–H groups in total. The second-order valence-electron chi connectivity index (χ2n) is 21.2. The van der Waals surface area contributed by atoms with E-state index in [9.17, 15) is 0 Å². The van der Waals surface area contributed by atoms with Gasteiger partial charge in [0.15, 0.2) is 0 Å². The maximum absolute atomic E-state index is 5.37. The number of hydrogen-bond acceptors (Lipinski definition) is 10. The van der Waals surface area contributed by atoms with Gasteiger partial charge in [-0.05, 0) is 84.8 Å². The van der Waals surface area contributed by atoms with E-state index in [0.717, 1.165) is 61.3 Å². The number of hydrogen-bond donors (Lipinski definition) is 0. The van der Waals surface area contributed by atoms with E-state index < -0.39 is 0 Å². The average molecular weight is 1650 g/mol. The Morgan fingerprint density at radius 3 is 1.19 bits per heavy atom. The topological polar surface area (TPSA) is 98.6 Å². The molecule has 0 saturated heterocycles. The van der Waals surface area contributed by atoms with Crippen LogP contribution in [0.15, 0.2) is 326 Å². The van der Waals surface area contributed by atoms with Crippen LogP contribution >= 0.6 is 23.3 Å². The van der Waals surface area contributed by atoms with E-state index in [-0.39, 0.29) is 77.9 Å². The number of aryl methyl sites for hydroxylation is 1. The van der Waals surface area contributed by atoms with Crippen molar-refractivity contribution in [3.63, 3.8) is 0 Å². The minimum absolute atomic E-state index is 0. The number of para-hydroxylation sites is 1. The Bertz CT molecular complexity index is 4650. The monoisotopic (exact) mass is 1650 g/mol. The molecule has 12 aromatic carbocycles. The summed E-state index contributed by atoms with van der Waals surface area (Å²) < 4.78 is 11.6. The third kappa shape index (κ3) is 18.9. The van der Waals surface area contributed by atoms with Crippen LogP contribution in [0, 0.1) is 30.1 Å². The zero-order valence-electron chi connectivity index (χ0n) is 51.8. The summed E-state index contributed by atoms with van der Waals surface area (Å²) in [5.41, 5.74) is 17.7. The fourth-order valence-corrected chi connectivity index (χ4v) is 11.7. The van der Waals surface area contributed by atoms with Crippen LogP contribution in [0.1, 0.15) is 5.56 Å². The first-order valence-corrected chi connectivity index (χ1v) is 31.8. The first-order valence-electron chi connectivity index (χ1n) is 30.1. The Kier molecular flexibility index (Phi) is 27.0. The van der Waals surface area contributed by atoms with Crippen LogP contribution in [0.5, 0.6) is 0 Å². The molecule has 0 saturated carbocycles. The molecule has 0 spiro atoms. The predicted octanol–water partition coefficient (Wildman–Crippen LogP) is 20.6. The predicted molar refractivity (Wildman–Crippen MR) is 380 cm³/mol. The zero-order chi connectivity index (χ0) is 62.8. The van der Waals surface area contributed by atoms with Crippen molar-refractivity contribution in [3.05, 3.63) is 357 Å². The summed E-state index contributed by atoms with van der Waals surface area (Å²) in [5, 5.41) is 9.47. The number of rotatable bonds is 12. The molecular weight excluding hydrogens is 1590 g/mol. The molecule has 15 heteroatoms. The van der Waals surface area contributed by atoms with Gasteiger partial charge >= 0.3 is 19.5 Å². The van der Waals surface area contributed by atoms with Gasteiger partial charge in [0.05, 0.1) is 11.6 Å². The van der Waals surface area contributed by atoms with Crippen molar-refractivity contribution in [2.24, 2.45) is 7.05 Å². The van der Waals surface area contributed by atoms with Crippen molar-refractivity contribution in [1.82, 2.24) is 34.3 Å². The molecule has 97 heavy (non-hydrogen) atoms. The van der Waals surface area contributed by atoms with Crippen molar-refractivity contribution < 1.29 is 82.4 Å². The molecule has 0 aliphatic carbocycles. The Morgan fingerprint density at radius 1 is 0.361 bits per heavy atom. The van der Waals surface area contributed by atoms with Crippen molar-refractivity contribution in [2.75, 3.05) is 4.90 Å². The maximum Gasteiger partial charge on any atom is 2.00 e. The second-order valence-corrected chi connectivity index (χ2v) is 22.8. The van der Waals surface area contributed by atoms with E-state index in [0.29, 0.717) is 17.5 Å². The molecule has 1 aliphatic heterocycles. The zero-order valence-corrected chi connectivity index (χ0v) is 60.0. The number of anilines is 1. The standard InChI is InChI=1S/C21H16N3.C21H15NS.C20H13N2O.C20H13N2S.4Rh/c1-24-21(22-20(23-24)18-10-6-3-7-11-18)19-14-12-17(13-15-19)16-8-4-2-5-9-16;1-3-7-17(8-4-1)18-11-13-19(14-12-18)21-15-22(16-23-21)20-9-5-2-6-10-20;2*1-3-7-15(8-4-1)16-11-13-18(14-12-16)20-21-19(22-23-20)17-9-5-2-6-10-17;;;;/h2-10,12-15H,1H3;1-9,11-16H;2*1-9,11-14H;;;;/q-1;-2;2*-1;;;;+2. The molecule has 0 unspecified atom stereocenters. The maximum atomic E-state index is 5.37. The summed E-state index contributed by atoms with van der Waals surface area (Å²) in [6.45, 7) is 0. The summed E-state index contributed by atoms with van der Waals surface area (Å²) in [6.07, 6.45) is 2.16. The van der Waals surface area contributed by atoms with E-state index in [1.165, 1.54) is 60.9 Å². The number of benzene rings is 12. The summed E-state index contributed by atoms with van der Waals surface area (Å²) in [4.78, 5) is 17.1. The Morgan fingerprint density at radius 2 is 0.742 bits per heavy atom. The van der Waals surface area contributed by atoms with Gasteiger partial charge in [0, 0.05) is 82.2 Å². The molecule has 0 bridgehead atoms. The van der Waals surface area contributed by atoms with E-state index in [1.807, 2.05) is 151 Å². The SMILES string of the molecule is Cn1nc(-c2[c-]cccc2)nc1-c1ccc(-c2ccccc2)cc1.[Rh+2].[Rh].[Rh].[Rh].[c-]1ccccc1-c1noc(-c2ccc(-c3ccccc3)cc2)n1.[c-]1ccccc1-c1nsc(-c2ccc(-c3ccccc3)cc2)n1.[c-]1ccccc1N1C=C(c2ccc(-c3ccccc3)cc2)S[CH-]1. The fraction of sp³-hybridized carbons (Fsp3) is 0.0122. The molecule has 4 radical (unpaired) electrons. The number of thioether (sulfide) groups is 1. The number of aromatic nitrogens is 7. The van der Waals surface area contributed by atoms with Crippen molar-refractivity contribution >= 4 is 33.9 Å². The normalized spacial score (nSPS) is 11.0. The van der Waals surface area contributed by atoms with Gasteiger partial charge in [0.2, 0.25) is 5.89 Å². The molecule has 482 valence electrons. The van der Waals surface area contributed by atoms with Crippen molar-refractivity contribution in [3.8, 4) is 112 Å². The summed E-state index contributed by atoms with van der Waals surface area (Å²) >= 11 is 3.16. The third-order valence-electron chi connectivity index (χ3n) is 15.0. The van der Waals surface area contributed by atoms with Crippen LogP contribution in [0.25, 0.3) is 117 Å². The van der Waals surface area contributed by atoms with Gasteiger partial charge in [-0.15, -0.1) is 119 Å². The smallest absolute Gasteiger partial charge is 0.509 e. The minimum Gasteiger partial charge on any atom is -0.509 e. The van der Waals surface area contributed by atoms with E-state index in [2.05, 4.69) is 247 Å². The molecule has 3 aromatic heterocycles. The van der Waals surface area contributed by atoms with Gasteiger partial charge in [0.25, 0.3) is 0 Å². The average Bonchev–Trinajstić information content (AvgIpc) is 1.85. The van der Waals surface area contributed by atoms with Crippen molar-refractivity contribution in [2.45, 2.75) is 0 Å². The van der Waals surface area contributed by atoms with Crippen LogP contribution in [-0.4, -0.2) is 34.3 Å². The fourth-order valence-electron chi connectivity index (χ4n) is 10.1. The Hall–Kier alpha value is -9.14. The van der Waals surface area contributed by atoms with Gasteiger partial charge in [0.1, 0.15) is 16.7 Å². The summed E-state index contributed by atoms with van der Waals surface area (Å²) in [7, 11) is 1.92. The van der Waals surface area contributed by atoms with E-state index in [4.69, 9.17) is 4.52 Å². The van der Waals surface area contributed by atoms with Crippen molar-refractivity contribution in [1.29, 1.82) is 0 Å². The van der Waals surface area contributed by atoms with Gasteiger partial charge in [-0.25, -0.2) is 14.5 Å². The van der Waals surface area contributed by atoms with Gasteiger partial charge in [-0.3, -0.25) is 26.4 Å². The van der Waals surface area contributed by atoms with E-state index in [1.54, 1.807) is 11.8 Å². The Balaban J connectivity index is 0.000000150. The quantitative estimate of drug-likeness (QED) is 0.0875. The van der Waals surface area contributed by atoms with Crippen LogP contribution in [0.2, 0.25) is 0 Å².